The van der Waals surface area contributed by atoms with Gasteiger partial charge in [0, 0.05) is 103 Å². The molecule has 4 atom stereocenters. The second kappa shape index (κ2) is 58.8. The minimum Gasteiger partial charge on any atom is -0.381 e. The topological polar surface area (TPSA) is 222 Å². The van der Waals surface area contributed by atoms with Crippen LogP contribution >= 0.6 is 11.8 Å². The molecule has 440 valence electrons. The molecule has 8 amide bonds. The molecule has 0 bridgehead atoms. The lowest BCUT2D eigenvalue weighted by atomic mass is 10.1. The Labute approximate surface area is 457 Å². The Balaban J connectivity index is -0.000000205. The first-order chi connectivity index (χ1) is 34.4. The van der Waals surface area contributed by atoms with Crippen molar-refractivity contribution in [2.45, 2.75) is 200 Å². The van der Waals surface area contributed by atoms with Crippen molar-refractivity contribution in [3.8, 4) is 0 Å². The summed E-state index contributed by atoms with van der Waals surface area (Å²) in [6.45, 7) is 30.0. The molecule has 0 aromatic heterocycles. The summed E-state index contributed by atoms with van der Waals surface area (Å²) in [7, 11) is 3.95. The standard InChI is InChI=1S/C18H30N2O5.C12H20N2O3.C9H21NO.C7H15NO.C5H13N.C3H8S.2CH4/c1-4-13(2)12-25-10-6-9-19-15(21)7-5-8-16(22)20-17(23)11-14(3)18(20)24;1-3-4-6-13-10(15)5-7-14-11(16)8-9(2)12(14)17;1-4-9(2)8-11-7-5-6-10-3;1-3-5-6-8-7(9)4-2;1-3-4-5-6-2;1-3-4-2;;/h13-14H,4-12H2,1-3H3,(H,19,21);9H,3-8H2,1-2H3,(H,13,15);9-10H,4-8H2,1-3H3;3-6H2,1-2H3,(H,8,9);6H,3-5H2,1-2H3;3H2,1-2H3;2*1H4. The molecule has 17 nitrogen and oxygen atoms in total. The number of imide groups is 4. The van der Waals surface area contributed by atoms with Crippen LogP contribution in [0.4, 0.5) is 0 Å². The molecule has 2 aliphatic rings. The Kier molecular flexibility index (Phi) is 65.1. The quantitative estimate of drug-likeness (QED) is 0.0314. The summed E-state index contributed by atoms with van der Waals surface area (Å²) in [5, 5.41) is 14.5. The lowest BCUT2D eigenvalue weighted by Gasteiger charge is -2.13. The molecule has 4 unspecified atom stereocenters. The molecule has 2 fully saturated rings. The largest absolute Gasteiger partial charge is 0.381 e. The van der Waals surface area contributed by atoms with E-state index in [4.69, 9.17) is 9.47 Å². The predicted molar refractivity (Wildman–Crippen MR) is 309 cm³/mol. The van der Waals surface area contributed by atoms with Crippen LogP contribution in [0, 0.1) is 23.7 Å². The summed E-state index contributed by atoms with van der Waals surface area (Å²) >= 11 is 1.86. The minimum absolute atomic E-state index is 0. The zero-order chi connectivity index (χ0) is 55.5. The lowest BCUT2D eigenvalue weighted by Crippen LogP contribution is -2.36. The van der Waals surface area contributed by atoms with Crippen molar-refractivity contribution in [3.05, 3.63) is 0 Å². The van der Waals surface area contributed by atoms with Gasteiger partial charge in [-0.2, -0.15) is 11.8 Å². The summed E-state index contributed by atoms with van der Waals surface area (Å²) in [4.78, 5) is 93.9. The van der Waals surface area contributed by atoms with Crippen molar-refractivity contribution in [2.75, 3.05) is 91.8 Å². The van der Waals surface area contributed by atoms with Crippen molar-refractivity contribution in [1.29, 1.82) is 0 Å². The number of amides is 8. The highest BCUT2D eigenvalue weighted by Gasteiger charge is 2.39. The second-order valence-electron chi connectivity index (χ2n) is 18.3. The van der Waals surface area contributed by atoms with Gasteiger partial charge in [0.25, 0.3) is 0 Å². The van der Waals surface area contributed by atoms with E-state index < -0.39 is 23.6 Å². The zero-order valence-electron chi connectivity index (χ0n) is 48.0. The summed E-state index contributed by atoms with van der Waals surface area (Å²) in [5.74, 6) is 0.0539. The van der Waals surface area contributed by atoms with Crippen LogP contribution in [0.2, 0.25) is 0 Å². The third-order valence-electron chi connectivity index (χ3n) is 11.2. The highest BCUT2D eigenvalue weighted by atomic mass is 32.2. The van der Waals surface area contributed by atoms with Crippen molar-refractivity contribution in [1.82, 2.24) is 36.4 Å². The number of nitrogens with one attached hydrogen (secondary N) is 5. The summed E-state index contributed by atoms with van der Waals surface area (Å²) in [5.41, 5.74) is 0. The van der Waals surface area contributed by atoms with Crippen molar-refractivity contribution in [2.24, 2.45) is 23.7 Å². The van der Waals surface area contributed by atoms with E-state index in [1.165, 1.54) is 29.9 Å². The van der Waals surface area contributed by atoms with Crippen molar-refractivity contribution < 1.29 is 47.8 Å². The highest BCUT2D eigenvalue weighted by Crippen LogP contribution is 2.20. The van der Waals surface area contributed by atoms with Gasteiger partial charge in [0.1, 0.15) is 0 Å². The molecule has 18 heteroatoms. The third-order valence-corrected chi connectivity index (χ3v) is 11.8. The smallest absolute Gasteiger partial charge is 0.239 e. The molecule has 74 heavy (non-hydrogen) atoms. The van der Waals surface area contributed by atoms with Crippen LogP contribution in [0.3, 0.4) is 0 Å². The van der Waals surface area contributed by atoms with Crippen LogP contribution < -0.4 is 26.6 Å². The molecule has 2 aliphatic heterocycles. The van der Waals surface area contributed by atoms with Gasteiger partial charge in [0.05, 0.1) is 0 Å². The van der Waals surface area contributed by atoms with Gasteiger partial charge in [-0.25, -0.2) is 4.90 Å². The fourth-order valence-electron chi connectivity index (χ4n) is 5.88. The summed E-state index contributed by atoms with van der Waals surface area (Å²) < 4.78 is 10.9. The molecule has 2 saturated heterocycles. The van der Waals surface area contributed by atoms with Gasteiger partial charge in [-0.3, -0.25) is 43.3 Å². The Morgan fingerprint density at radius 3 is 1.36 bits per heavy atom. The maximum absolute atomic E-state index is 11.9. The van der Waals surface area contributed by atoms with E-state index in [2.05, 4.69) is 88.2 Å². The summed E-state index contributed by atoms with van der Waals surface area (Å²) in [6.07, 6.45) is 14.8. The van der Waals surface area contributed by atoms with E-state index in [-0.39, 0.29) is 89.0 Å². The molecule has 0 aromatic carbocycles. The predicted octanol–water partition coefficient (Wildman–Crippen LogP) is 8.95. The average molecular weight is 1080 g/mol. The normalized spacial score (nSPS) is 15.1. The molecule has 5 N–H and O–H groups in total. The van der Waals surface area contributed by atoms with Crippen molar-refractivity contribution >= 4 is 59.0 Å². The second-order valence-corrected chi connectivity index (χ2v) is 19.4. The first-order valence-electron chi connectivity index (χ1n) is 27.3. The minimum atomic E-state index is -0.509. The number of nitrogens with zero attached hydrogens (tertiary/aromatic N) is 2. The molecule has 0 spiro atoms. The van der Waals surface area contributed by atoms with E-state index in [9.17, 15) is 38.4 Å². The Morgan fingerprint density at radius 2 is 0.986 bits per heavy atom. The van der Waals surface area contributed by atoms with Crippen LogP contribution in [-0.4, -0.2) is 149 Å². The van der Waals surface area contributed by atoms with E-state index in [1.54, 1.807) is 13.8 Å². The number of unbranched alkanes of at least 4 members (excludes halogenated alkanes) is 3. The number of carbonyl (C=O) groups excluding carboxylic acids is 8. The first-order valence-corrected chi connectivity index (χ1v) is 28.7. The molecule has 0 saturated carbocycles. The number of hydrogen-bond acceptors (Lipinski definition) is 13. The van der Waals surface area contributed by atoms with Crippen LogP contribution in [0.15, 0.2) is 0 Å². The van der Waals surface area contributed by atoms with Gasteiger partial charge in [-0.15, -0.1) is 0 Å². The summed E-state index contributed by atoms with van der Waals surface area (Å²) in [6, 6.07) is 0. The molecule has 0 aromatic rings. The van der Waals surface area contributed by atoms with Crippen molar-refractivity contribution in [3.63, 3.8) is 0 Å². The van der Waals surface area contributed by atoms with Crippen LogP contribution in [-0.2, 0) is 47.8 Å². The number of carbonyl (C=O) groups is 8. The highest BCUT2D eigenvalue weighted by molar-refractivity contribution is 7.98. The lowest BCUT2D eigenvalue weighted by molar-refractivity contribution is -0.150. The SMILES string of the molecule is C.C.CCC(C)COCCCNC.CCC(C)COCCCNC(=O)CCCC(=O)N1C(=O)CC(C)C1=O.CCCCNC.CCCCNC(=O)CC.CCCCNC(=O)CCN1C(=O)CC(C)C1=O.CCSC. The molecular formula is C56H115N7O10S. The van der Waals surface area contributed by atoms with E-state index in [0.717, 1.165) is 89.3 Å². The third kappa shape index (κ3) is 49.4. The molecule has 0 aliphatic carbocycles. The maximum atomic E-state index is 11.9. The maximum Gasteiger partial charge on any atom is 0.239 e. The first kappa shape index (κ1) is 81.9. The van der Waals surface area contributed by atoms with Gasteiger partial charge in [0.15, 0.2) is 0 Å². The van der Waals surface area contributed by atoms with Crippen LogP contribution in [0.1, 0.15) is 200 Å². The number of likely N-dealkylation sites (tertiary alicyclic amines) is 2. The number of ether oxygens (including phenoxy) is 2. The fourth-order valence-corrected chi connectivity index (χ4v) is 5.88. The number of rotatable bonds is 32. The average Bonchev–Trinajstić information content (AvgIpc) is 3.78. The number of hydrogen-bond donors (Lipinski definition) is 5. The van der Waals surface area contributed by atoms with Gasteiger partial charge >= 0.3 is 0 Å². The van der Waals surface area contributed by atoms with Crippen LogP contribution in [0.25, 0.3) is 0 Å². The van der Waals surface area contributed by atoms with E-state index in [1.807, 2.05) is 32.8 Å². The fraction of sp³-hybridized carbons (Fsp3) is 0.857. The van der Waals surface area contributed by atoms with Gasteiger partial charge in [-0.1, -0.05) is 123 Å². The Morgan fingerprint density at radius 1 is 0.581 bits per heavy atom. The molecule has 2 rings (SSSR count). The molecular weight excluding hydrogens is 963 g/mol. The van der Waals surface area contributed by atoms with Gasteiger partial charge in [0.2, 0.25) is 47.3 Å². The molecule has 0 radical (unpaired) electrons. The Hall–Kier alpha value is -3.45. The van der Waals surface area contributed by atoms with E-state index in [0.29, 0.717) is 44.4 Å². The van der Waals surface area contributed by atoms with Gasteiger partial charge < -0.3 is 36.1 Å². The zero-order valence-corrected chi connectivity index (χ0v) is 48.8. The van der Waals surface area contributed by atoms with Crippen LogP contribution in [0.5, 0.6) is 0 Å². The molecule has 2 heterocycles. The monoisotopic (exact) mass is 1080 g/mol. The van der Waals surface area contributed by atoms with E-state index >= 15 is 0 Å². The Bertz CT molecular complexity index is 1400. The number of thioether (sulfide) groups is 1. The van der Waals surface area contributed by atoms with Gasteiger partial charge in [-0.05, 0) is 89.6 Å².